The SMILES string of the molecule is C/C(C=O)=C(/Cl)c1ccccc1Br. The fraction of sp³-hybridized carbons (Fsp3) is 0.100. The smallest absolute Gasteiger partial charge is 0.147 e. The van der Waals surface area contributed by atoms with Gasteiger partial charge in [-0.25, -0.2) is 0 Å². The van der Waals surface area contributed by atoms with Crippen LogP contribution in [0.3, 0.4) is 0 Å². The molecule has 0 bridgehead atoms. The lowest BCUT2D eigenvalue weighted by Gasteiger charge is -2.03. The minimum atomic E-state index is 0.488. The van der Waals surface area contributed by atoms with Crippen molar-refractivity contribution >= 4 is 38.8 Å². The van der Waals surface area contributed by atoms with E-state index >= 15 is 0 Å². The van der Waals surface area contributed by atoms with Gasteiger partial charge in [0.15, 0.2) is 0 Å². The molecular formula is C10H8BrClO. The summed E-state index contributed by atoms with van der Waals surface area (Å²) in [6.45, 7) is 1.69. The zero-order valence-corrected chi connectivity index (χ0v) is 9.39. The second-order valence-electron chi connectivity index (χ2n) is 2.59. The van der Waals surface area contributed by atoms with E-state index in [4.69, 9.17) is 11.6 Å². The quantitative estimate of drug-likeness (QED) is 0.586. The predicted octanol–water partition coefficient (Wildman–Crippen LogP) is 3.62. The minimum absolute atomic E-state index is 0.488. The Kier molecular flexibility index (Phi) is 3.70. The van der Waals surface area contributed by atoms with E-state index in [9.17, 15) is 4.79 Å². The number of carbonyl (C=O) groups excluding carboxylic acids is 1. The molecule has 0 saturated heterocycles. The lowest BCUT2D eigenvalue weighted by Crippen LogP contribution is -1.85. The summed E-state index contributed by atoms with van der Waals surface area (Å²) in [5.74, 6) is 0. The molecule has 0 saturated carbocycles. The third-order valence-electron chi connectivity index (χ3n) is 1.63. The zero-order valence-electron chi connectivity index (χ0n) is 7.05. The van der Waals surface area contributed by atoms with Crippen LogP contribution >= 0.6 is 27.5 Å². The summed E-state index contributed by atoms with van der Waals surface area (Å²) in [6, 6.07) is 7.52. The molecule has 0 aliphatic heterocycles. The summed E-state index contributed by atoms with van der Waals surface area (Å²) in [4.78, 5) is 10.5. The number of carbonyl (C=O) groups is 1. The molecule has 13 heavy (non-hydrogen) atoms. The van der Waals surface area contributed by atoms with Gasteiger partial charge >= 0.3 is 0 Å². The van der Waals surface area contributed by atoms with E-state index in [0.29, 0.717) is 10.6 Å². The van der Waals surface area contributed by atoms with Gasteiger partial charge in [0.25, 0.3) is 0 Å². The number of benzene rings is 1. The predicted molar refractivity (Wildman–Crippen MR) is 58.7 cm³/mol. The first-order chi connectivity index (χ1) is 6.16. The molecule has 0 aliphatic carbocycles. The number of halogens is 2. The van der Waals surface area contributed by atoms with Gasteiger partial charge in [0.05, 0.1) is 5.03 Å². The Balaban J connectivity index is 3.23. The Labute approximate surface area is 90.5 Å². The van der Waals surface area contributed by atoms with Crippen LogP contribution in [0.25, 0.3) is 5.03 Å². The highest BCUT2D eigenvalue weighted by Crippen LogP contribution is 2.28. The van der Waals surface area contributed by atoms with E-state index in [1.165, 1.54) is 0 Å². The van der Waals surface area contributed by atoms with Crippen LogP contribution in [0.1, 0.15) is 12.5 Å². The monoisotopic (exact) mass is 258 g/mol. The maximum atomic E-state index is 10.5. The summed E-state index contributed by atoms with van der Waals surface area (Å²) in [6.07, 6.45) is 0.752. The van der Waals surface area contributed by atoms with Gasteiger partial charge in [0.1, 0.15) is 6.29 Å². The van der Waals surface area contributed by atoms with Crippen molar-refractivity contribution in [2.24, 2.45) is 0 Å². The fourth-order valence-corrected chi connectivity index (χ4v) is 1.71. The molecule has 0 radical (unpaired) electrons. The second-order valence-corrected chi connectivity index (χ2v) is 3.83. The van der Waals surface area contributed by atoms with Gasteiger partial charge in [-0.2, -0.15) is 0 Å². The minimum Gasteiger partial charge on any atom is -0.298 e. The van der Waals surface area contributed by atoms with Gasteiger partial charge in [0.2, 0.25) is 0 Å². The van der Waals surface area contributed by atoms with Gasteiger partial charge in [-0.1, -0.05) is 45.7 Å². The summed E-state index contributed by atoms with van der Waals surface area (Å²) in [5.41, 5.74) is 1.38. The average molecular weight is 260 g/mol. The lowest BCUT2D eigenvalue weighted by atomic mass is 10.1. The van der Waals surface area contributed by atoms with E-state index in [1.54, 1.807) is 6.92 Å². The average Bonchev–Trinajstić information content (AvgIpc) is 2.16. The Morgan fingerprint density at radius 3 is 2.62 bits per heavy atom. The molecule has 68 valence electrons. The molecule has 0 spiro atoms. The Morgan fingerprint density at radius 1 is 1.46 bits per heavy atom. The van der Waals surface area contributed by atoms with Crippen LogP contribution in [0.2, 0.25) is 0 Å². The van der Waals surface area contributed by atoms with Crippen molar-refractivity contribution in [2.75, 3.05) is 0 Å². The molecule has 3 heteroatoms. The molecule has 0 amide bonds. The van der Waals surface area contributed by atoms with Crippen LogP contribution in [0.15, 0.2) is 34.3 Å². The van der Waals surface area contributed by atoms with Crippen molar-refractivity contribution in [1.29, 1.82) is 0 Å². The molecule has 0 heterocycles. The van der Waals surface area contributed by atoms with Gasteiger partial charge in [0, 0.05) is 15.6 Å². The van der Waals surface area contributed by atoms with Gasteiger partial charge < -0.3 is 0 Å². The molecule has 1 aromatic rings. The molecule has 1 nitrogen and oxygen atoms in total. The molecule has 0 unspecified atom stereocenters. The van der Waals surface area contributed by atoms with E-state index in [0.717, 1.165) is 16.3 Å². The van der Waals surface area contributed by atoms with Crippen LogP contribution in [0.4, 0.5) is 0 Å². The molecular weight excluding hydrogens is 251 g/mol. The summed E-state index contributed by atoms with van der Waals surface area (Å²) >= 11 is 9.34. The topological polar surface area (TPSA) is 17.1 Å². The largest absolute Gasteiger partial charge is 0.298 e. The van der Waals surface area contributed by atoms with Crippen LogP contribution in [-0.4, -0.2) is 6.29 Å². The zero-order chi connectivity index (χ0) is 9.84. The number of rotatable bonds is 2. The highest BCUT2D eigenvalue weighted by molar-refractivity contribution is 9.10. The van der Waals surface area contributed by atoms with Crippen molar-refractivity contribution in [3.63, 3.8) is 0 Å². The van der Waals surface area contributed by atoms with E-state index in [-0.39, 0.29) is 0 Å². The lowest BCUT2D eigenvalue weighted by molar-refractivity contribution is -0.104. The third-order valence-corrected chi connectivity index (χ3v) is 2.83. The molecule has 0 atom stereocenters. The molecule has 1 aromatic carbocycles. The molecule has 0 fully saturated rings. The molecule has 1 rings (SSSR count). The van der Waals surface area contributed by atoms with Crippen molar-refractivity contribution < 1.29 is 4.79 Å². The highest BCUT2D eigenvalue weighted by atomic mass is 79.9. The van der Waals surface area contributed by atoms with E-state index in [1.807, 2.05) is 24.3 Å². The first-order valence-corrected chi connectivity index (χ1v) is 4.90. The Morgan fingerprint density at radius 2 is 2.08 bits per heavy atom. The van der Waals surface area contributed by atoms with Crippen LogP contribution in [0.5, 0.6) is 0 Å². The first-order valence-electron chi connectivity index (χ1n) is 3.73. The van der Waals surface area contributed by atoms with Gasteiger partial charge in [-0.3, -0.25) is 4.79 Å². The molecule has 0 aromatic heterocycles. The normalized spacial score (nSPS) is 12.2. The number of aldehydes is 1. The Hall–Kier alpha value is -0.600. The maximum absolute atomic E-state index is 10.5. The molecule has 0 N–H and O–H groups in total. The highest BCUT2D eigenvalue weighted by Gasteiger charge is 2.05. The fourth-order valence-electron chi connectivity index (χ4n) is 0.903. The number of hydrogen-bond donors (Lipinski definition) is 0. The molecule has 0 aliphatic rings. The van der Waals surface area contributed by atoms with Gasteiger partial charge in [-0.05, 0) is 13.0 Å². The van der Waals surface area contributed by atoms with Crippen molar-refractivity contribution in [1.82, 2.24) is 0 Å². The summed E-state index contributed by atoms with van der Waals surface area (Å²) < 4.78 is 0.890. The first kappa shape index (κ1) is 10.5. The standard InChI is InChI=1S/C10H8BrClO/c1-7(6-13)10(12)8-4-2-3-5-9(8)11/h2-6H,1H3/b10-7-. The van der Waals surface area contributed by atoms with Crippen LogP contribution < -0.4 is 0 Å². The van der Waals surface area contributed by atoms with Crippen LogP contribution in [-0.2, 0) is 4.79 Å². The third kappa shape index (κ3) is 2.42. The maximum Gasteiger partial charge on any atom is 0.147 e. The van der Waals surface area contributed by atoms with Crippen molar-refractivity contribution in [3.05, 3.63) is 39.9 Å². The summed E-state index contributed by atoms with van der Waals surface area (Å²) in [7, 11) is 0. The van der Waals surface area contributed by atoms with Crippen LogP contribution in [0, 0.1) is 0 Å². The van der Waals surface area contributed by atoms with E-state index in [2.05, 4.69) is 15.9 Å². The van der Waals surface area contributed by atoms with Crippen molar-refractivity contribution in [3.8, 4) is 0 Å². The van der Waals surface area contributed by atoms with Crippen molar-refractivity contribution in [2.45, 2.75) is 6.92 Å². The number of allylic oxidation sites excluding steroid dienone is 1. The number of hydrogen-bond acceptors (Lipinski definition) is 1. The summed E-state index contributed by atoms with van der Waals surface area (Å²) in [5, 5.41) is 0.488. The second kappa shape index (κ2) is 4.58. The van der Waals surface area contributed by atoms with Gasteiger partial charge in [-0.15, -0.1) is 0 Å². The Bertz CT molecular complexity index is 358. The van der Waals surface area contributed by atoms with E-state index < -0.39 is 0 Å².